The monoisotopic (exact) mass is 279 g/mol. The van der Waals surface area contributed by atoms with Gasteiger partial charge < -0.3 is 30.4 Å². The van der Waals surface area contributed by atoms with Gasteiger partial charge in [-0.1, -0.05) is 13.8 Å². The molecule has 1 amide bonds. The number of hydrogen-bond donors (Lipinski definition) is 5. The zero-order chi connectivity index (χ0) is 15.0. The lowest BCUT2D eigenvalue weighted by molar-refractivity contribution is -0.158. The molecule has 5 N–H and O–H groups in total. The van der Waals surface area contributed by atoms with E-state index in [1.807, 2.05) is 13.8 Å². The maximum Gasteiger partial charge on any atom is 0.254 e. The van der Waals surface area contributed by atoms with Crippen molar-refractivity contribution in [1.29, 1.82) is 0 Å². The van der Waals surface area contributed by atoms with Crippen LogP contribution in [0.4, 0.5) is 0 Å². The van der Waals surface area contributed by atoms with E-state index in [4.69, 9.17) is 5.11 Å². The molecule has 4 atom stereocenters. The van der Waals surface area contributed by atoms with E-state index in [0.29, 0.717) is 25.9 Å². The molecule has 0 spiro atoms. The fraction of sp³-hybridized carbons (Fsp3) is 0.917. The summed E-state index contributed by atoms with van der Waals surface area (Å²) >= 11 is 0. The van der Waals surface area contributed by atoms with Crippen LogP contribution in [0, 0.1) is 0 Å². The summed E-state index contributed by atoms with van der Waals surface area (Å²) in [6.07, 6.45) is -5.65. The SMILES string of the molecule is CCCN(CCC)C(=O)[C@H](O)[C@@H](O)[C@H](O)[C@H](O)CO. The normalized spacial score (nSPS) is 17.6. The van der Waals surface area contributed by atoms with Crippen molar-refractivity contribution in [2.24, 2.45) is 0 Å². The quantitative estimate of drug-likeness (QED) is 0.335. The van der Waals surface area contributed by atoms with Crippen LogP contribution in [-0.2, 0) is 4.79 Å². The third-order valence-electron chi connectivity index (χ3n) is 2.81. The number of amides is 1. The highest BCUT2D eigenvalue weighted by Gasteiger charge is 2.35. The summed E-state index contributed by atoms with van der Waals surface area (Å²) in [4.78, 5) is 13.3. The van der Waals surface area contributed by atoms with Gasteiger partial charge >= 0.3 is 0 Å². The molecule has 0 aromatic carbocycles. The van der Waals surface area contributed by atoms with E-state index in [1.165, 1.54) is 4.90 Å². The van der Waals surface area contributed by atoms with Crippen LogP contribution in [0.5, 0.6) is 0 Å². The number of nitrogens with zero attached hydrogens (tertiary/aromatic N) is 1. The maximum atomic E-state index is 11.9. The summed E-state index contributed by atoms with van der Waals surface area (Å²) < 4.78 is 0. The summed E-state index contributed by atoms with van der Waals surface area (Å²) in [7, 11) is 0. The van der Waals surface area contributed by atoms with Gasteiger partial charge in [0.1, 0.15) is 18.3 Å². The number of hydrogen-bond acceptors (Lipinski definition) is 6. The van der Waals surface area contributed by atoms with Gasteiger partial charge in [-0.15, -0.1) is 0 Å². The first kappa shape index (κ1) is 18.3. The molecule has 0 aromatic heterocycles. The standard InChI is InChI=1S/C12H25NO6/c1-3-5-13(6-4-2)12(19)11(18)10(17)9(16)8(15)7-14/h8-11,14-18H,3-7H2,1-2H3/t8-,9-,10+,11-/m1/s1. The Morgan fingerprint density at radius 2 is 1.47 bits per heavy atom. The summed E-state index contributed by atoms with van der Waals surface area (Å²) in [6, 6.07) is 0. The molecule has 19 heavy (non-hydrogen) atoms. The first-order valence-corrected chi connectivity index (χ1v) is 6.52. The van der Waals surface area contributed by atoms with Crippen molar-refractivity contribution in [2.75, 3.05) is 19.7 Å². The van der Waals surface area contributed by atoms with Crippen LogP contribution in [-0.4, -0.2) is 80.5 Å². The lowest BCUT2D eigenvalue weighted by atomic mass is 10.0. The molecule has 0 heterocycles. The molecule has 0 saturated heterocycles. The Labute approximate surface area is 113 Å². The highest BCUT2D eigenvalue weighted by Crippen LogP contribution is 2.09. The van der Waals surface area contributed by atoms with Crippen LogP contribution in [0.25, 0.3) is 0 Å². The lowest BCUT2D eigenvalue weighted by Gasteiger charge is -2.29. The van der Waals surface area contributed by atoms with Crippen LogP contribution in [0.2, 0.25) is 0 Å². The number of aliphatic hydroxyl groups excluding tert-OH is 5. The van der Waals surface area contributed by atoms with E-state index in [2.05, 4.69) is 0 Å². The highest BCUT2D eigenvalue weighted by atomic mass is 16.4. The van der Waals surface area contributed by atoms with Crippen molar-refractivity contribution in [1.82, 2.24) is 4.90 Å². The summed E-state index contributed by atoms with van der Waals surface area (Å²) in [6.45, 7) is 3.86. The molecular weight excluding hydrogens is 254 g/mol. The lowest BCUT2D eigenvalue weighted by Crippen LogP contribution is -2.52. The number of carbonyl (C=O) groups is 1. The van der Waals surface area contributed by atoms with Crippen molar-refractivity contribution in [3.05, 3.63) is 0 Å². The van der Waals surface area contributed by atoms with Gasteiger partial charge in [0.15, 0.2) is 6.10 Å². The topological polar surface area (TPSA) is 121 Å². The van der Waals surface area contributed by atoms with Crippen LogP contribution >= 0.6 is 0 Å². The van der Waals surface area contributed by atoms with E-state index >= 15 is 0 Å². The summed E-state index contributed by atoms with van der Waals surface area (Å²) in [5, 5.41) is 46.6. The largest absolute Gasteiger partial charge is 0.394 e. The minimum absolute atomic E-state index is 0.440. The molecule has 0 aliphatic heterocycles. The molecule has 0 aliphatic carbocycles. The molecule has 0 aliphatic rings. The van der Waals surface area contributed by atoms with E-state index in [1.54, 1.807) is 0 Å². The molecule has 0 aromatic rings. The number of aliphatic hydroxyl groups is 5. The van der Waals surface area contributed by atoms with Crippen molar-refractivity contribution < 1.29 is 30.3 Å². The van der Waals surface area contributed by atoms with Crippen molar-refractivity contribution >= 4 is 5.91 Å². The maximum absolute atomic E-state index is 11.9. The molecule has 7 nitrogen and oxygen atoms in total. The third-order valence-corrected chi connectivity index (χ3v) is 2.81. The van der Waals surface area contributed by atoms with Gasteiger partial charge in [0, 0.05) is 13.1 Å². The molecule has 114 valence electrons. The third kappa shape index (κ3) is 5.42. The molecule has 0 bridgehead atoms. The Kier molecular flexibility index (Phi) is 8.86. The predicted molar refractivity (Wildman–Crippen MR) is 68.3 cm³/mol. The van der Waals surface area contributed by atoms with Crippen LogP contribution in [0.15, 0.2) is 0 Å². The van der Waals surface area contributed by atoms with Crippen LogP contribution in [0.3, 0.4) is 0 Å². The number of rotatable bonds is 9. The Hall–Kier alpha value is -0.730. The van der Waals surface area contributed by atoms with Crippen molar-refractivity contribution in [2.45, 2.75) is 51.1 Å². The van der Waals surface area contributed by atoms with E-state index in [-0.39, 0.29) is 0 Å². The zero-order valence-corrected chi connectivity index (χ0v) is 11.4. The highest BCUT2D eigenvalue weighted by molar-refractivity contribution is 5.81. The fourth-order valence-corrected chi connectivity index (χ4v) is 1.73. The minimum Gasteiger partial charge on any atom is -0.394 e. The van der Waals surface area contributed by atoms with Gasteiger partial charge in [-0.25, -0.2) is 0 Å². The second-order valence-corrected chi connectivity index (χ2v) is 4.50. The molecular formula is C12H25NO6. The van der Waals surface area contributed by atoms with Gasteiger partial charge in [-0.3, -0.25) is 4.79 Å². The van der Waals surface area contributed by atoms with E-state index in [9.17, 15) is 25.2 Å². The average molecular weight is 279 g/mol. The van der Waals surface area contributed by atoms with Gasteiger partial charge in [0.25, 0.3) is 5.91 Å². The van der Waals surface area contributed by atoms with E-state index < -0.39 is 36.9 Å². The molecule has 0 saturated carbocycles. The smallest absolute Gasteiger partial charge is 0.254 e. The molecule has 0 radical (unpaired) electrons. The van der Waals surface area contributed by atoms with Crippen molar-refractivity contribution in [3.63, 3.8) is 0 Å². The minimum atomic E-state index is -1.84. The second-order valence-electron chi connectivity index (χ2n) is 4.50. The van der Waals surface area contributed by atoms with E-state index in [0.717, 1.165) is 0 Å². The first-order chi connectivity index (χ1) is 8.90. The van der Waals surface area contributed by atoms with Crippen LogP contribution < -0.4 is 0 Å². The Bertz CT molecular complexity index is 257. The Morgan fingerprint density at radius 1 is 1.00 bits per heavy atom. The summed E-state index contributed by atoms with van der Waals surface area (Å²) in [5.74, 6) is -0.694. The zero-order valence-electron chi connectivity index (χ0n) is 11.4. The first-order valence-electron chi connectivity index (χ1n) is 6.52. The van der Waals surface area contributed by atoms with Gasteiger partial charge in [-0.05, 0) is 12.8 Å². The Balaban J connectivity index is 4.67. The van der Waals surface area contributed by atoms with Crippen molar-refractivity contribution in [3.8, 4) is 0 Å². The predicted octanol–water partition coefficient (Wildman–Crippen LogP) is -1.93. The molecule has 0 unspecified atom stereocenters. The second kappa shape index (κ2) is 9.22. The average Bonchev–Trinajstić information content (AvgIpc) is 2.42. The van der Waals surface area contributed by atoms with Gasteiger partial charge in [-0.2, -0.15) is 0 Å². The molecule has 0 rings (SSSR count). The fourth-order valence-electron chi connectivity index (χ4n) is 1.73. The summed E-state index contributed by atoms with van der Waals surface area (Å²) in [5.41, 5.74) is 0. The Morgan fingerprint density at radius 3 is 1.84 bits per heavy atom. The van der Waals surface area contributed by atoms with Crippen LogP contribution in [0.1, 0.15) is 26.7 Å². The molecule has 7 heteroatoms. The molecule has 0 fully saturated rings. The number of carbonyl (C=O) groups excluding carboxylic acids is 1. The van der Waals surface area contributed by atoms with Gasteiger partial charge in [0.05, 0.1) is 6.61 Å². The van der Waals surface area contributed by atoms with Gasteiger partial charge in [0.2, 0.25) is 0 Å².